The first kappa shape index (κ1) is 27.1. The van der Waals surface area contributed by atoms with Gasteiger partial charge in [-0.1, -0.05) is 6.07 Å². The first-order chi connectivity index (χ1) is 19.0. The zero-order valence-corrected chi connectivity index (χ0v) is 20.2. The molecule has 12 nitrogen and oxygen atoms in total. The lowest BCUT2D eigenvalue weighted by Gasteiger charge is -2.15. The van der Waals surface area contributed by atoms with Crippen LogP contribution in [-0.2, 0) is 0 Å². The maximum Gasteiger partial charge on any atom is 0.335 e. The number of carboxylic acid groups (broad SMARTS) is 1. The van der Waals surface area contributed by atoms with Crippen molar-refractivity contribution < 1.29 is 38.0 Å². The van der Waals surface area contributed by atoms with Gasteiger partial charge in [0.2, 0.25) is 17.4 Å². The van der Waals surface area contributed by atoms with E-state index in [1.807, 2.05) is 0 Å². The number of nitrogens with one attached hydrogen (secondary N) is 3. The van der Waals surface area contributed by atoms with Crippen LogP contribution in [-0.4, -0.2) is 33.0 Å². The molecule has 0 bridgehead atoms. The summed E-state index contributed by atoms with van der Waals surface area (Å²) in [5, 5.41) is 36.7. The van der Waals surface area contributed by atoms with Gasteiger partial charge in [-0.3, -0.25) is 10.8 Å². The van der Waals surface area contributed by atoms with Crippen molar-refractivity contribution in [3.8, 4) is 40.5 Å². The summed E-state index contributed by atoms with van der Waals surface area (Å²) in [4.78, 5) is 14.9. The fraction of sp³-hybridized carbons (Fsp3) is 0. The van der Waals surface area contributed by atoms with Crippen molar-refractivity contribution >= 4 is 23.5 Å². The lowest BCUT2D eigenvalue weighted by atomic mass is 10.2. The minimum absolute atomic E-state index is 0.00777. The summed E-state index contributed by atoms with van der Waals surface area (Å²) in [6, 6.07) is 14.2. The van der Waals surface area contributed by atoms with Crippen molar-refractivity contribution in [1.29, 1.82) is 10.8 Å². The molecule has 204 valence electrons. The van der Waals surface area contributed by atoms with Gasteiger partial charge in [0.15, 0.2) is 17.5 Å². The molecule has 9 N–H and O–H groups in total. The number of ether oxygens (including phenoxy) is 3. The monoisotopic (exact) mass is 550 g/mol. The number of phenols is 1. The molecule has 14 heteroatoms. The number of benzene rings is 3. The largest absolute Gasteiger partial charge is 0.504 e. The molecule has 4 rings (SSSR count). The smallest absolute Gasteiger partial charge is 0.335 e. The molecular weight excluding hydrogens is 530 g/mol. The van der Waals surface area contributed by atoms with E-state index < -0.39 is 40.9 Å². The van der Waals surface area contributed by atoms with E-state index in [-0.39, 0.29) is 40.2 Å². The Balaban J connectivity index is 1.79. The minimum atomic E-state index is -1.42. The van der Waals surface area contributed by atoms with Crippen LogP contribution in [0.3, 0.4) is 0 Å². The summed E-state index contributed by atoms with van der Waals surface area (Å²) in [5.74, 6) is -8.37. The number of pyridine rings is 1. The van der Waals surface area contributed by atoms with Crippen molar-refractivity contribution in [1.82, 2.24) is 4.98 Å². The molecule has 0 amide bonds. The van der Waals surface area contributed by atoms with Crippen LogP contribution >= 0.6 is 0 Å². The molecule has 3 aromatic carbocycles. The number of nitrogens with zero attached hydrogens (tertiary/aromatic N) is 1. The Morgan fingerprint density at radius 3 is 2.12 bits per heavy atom. The molecule has 0 aliphatic rings. The van der Waals surface area contributed by atoms with Crippen molar-refractivity contribution in [2.75, 3.05) is 5.32 Å². The molecule has 1 aromatic heterocycles. The lowest BCUT2D eigenvalue weighted by Crippen LogP contribution is -2.20. The Labute approximate surface area is 224 Å². The van der Waals surface area contributed by atoms with Crippen LogP contribution in [0.25, 0.3) is 0 Å². The van der Waals surface area contributed by atoms with Crippen LogP contribution in [0.2, 0.25) is 0 Å². The summed E-state index contributed by atoms with van der Waals surface area (Å²) in [6.07, 6.45) is 0. The topological polar surface area (TPSA) is 210 Å². The van der Waals surface area contributed by atoms with E-state index in [2.05, 4.69) is 10.3 Å². The number of aromatic hydroxyl groups is 1. The van der Waals surface area contributed by atoms with Crippen LogP contribution in [0.5, 0.6) is 40.5 Å². The first-order valence-electron chi connectivity index (χ1n) is 11.2. The number of nitrogen functional groups attached to an aromatic ring is 1. The number of guanidine groups is 1. The Morgan fingerprint density at radius 2 is 1.50 bits per heavy atom. The second-order valence-corrected chi connectivity index (χ2v) is 7.98. The first-order valence-corrected chi connectivity index (χ1v) is 11.2. The van der Waals surface area contributed by atoms with Crippen molar-refractivity contribution in [2.45, 2.75) is 0 Å². The van der Waals surface area contributed by atoms with E-state index >= 15 is 8.78 Å². The maximum absolute atomic E-state index is 15.5. The normalized spacial score (nSPS) is 10.4. The Morgan fingerprint density at radius 1 is 0.850 bits per heavy atom. The van der Waals surface area contributed by atoms with E-state index in [4.69, 9.17) is 41.6 Å². The SMILES string of the molecule is N=C(N)Nc1cccc(Oc2nc(Oc3cc(C(=N)N)ccc3O)c(F)c(Oc3ccc(C(=O)O)cc3)c2F)c1. The molecular formula is C26H20F2N6O6. The highest BCUT2D eigenvalue weighted by Crippen LogP contribution is 2.41. The number of aromatic carboxylic acids is 1. The fourth-order valence-electron chi connectivity index (χ4n) is 3.26. The van der Waals surface area contributed by atoms with Gasteiger partial charge in [0.25, 0.3) is 11.8 Å². The van der Waals surface area contributed by atoms with Gasteiger partial charge in [0.05, 0.1) is 5.56 Å². The zero-order chi connectivity index (χ0) is 29.0. The molecule has 0 unspecified atom stereocenters. The molecule has 40 heavy (non-hydrogen) atoms. The van der Waals surface area contributed by atoms with Crippen LogP contribution in [0.15, 0.2) is 66.7 Å². The van der Waals surface area contributed by atoms with Crippen LogP contribution in [0, 0.1) is 22.5 Å². The second-order valence-electron chi connectivity index (χ2n) is 7.98. The average molecular weight is 550 g/mol. The van der Waals surface area contributed by atoms with Gasteiger partial charge in [-0.15, -0.1) is 0 Å². The molecule has 0 atom stereocenters. The van der Waals surface area contributed by atoms with Gasteiger partial charge >= 0.3 is 5.97 Å². The van der Waals surface area contributed by atoms with Gasteiger partial charge < -0.3 is 41.2 Å². The predicted octanol–water partition coefficient (Wildman–Crippen LogP) is 4.73. The van der Waals surface area contributed by atoms with Crippen LogP contribution < -0.4 is 31.0 Å². The standard InChI is InChI=1S/C26H20F2N6O6/c27-19-21(38-15-7-4-12(5-8-15)25(36)37)20(28)24(40-18-10-13(22(29)30)6-9-17(18)35)34-23(19)39-16-3-1-2-14(11-16)33-26(31)32/h1-11,35H,(H3,29,30)(H,36,37)(H4,31,32,33). The summed E-state index contributed by atoms with van der Waals surface area (Å²) in [7, 11) is 0. The third kappa shape index (κ3) is 6.13. The van der Waals surface area contributed by atoms with E-state index in [1.54, 1.807) is 6.07 Å². The van der Waals surface area contributed by atoms with Crippen molar-refractivity contribution in [3.63, 3.8) is 0 Å². The van der Waals surface area contributed by atoms with Crippen LogP contribution in [0.4, 0.5) is 14.5 Å². The summed E-state index contributed by atoms with van der Waals surface area (Å²) in [5.41, 5.74) is 11.2. The quantitative estimate of drug-likeness (QED) is 0.112. The number of aromatic nitrogens is 1. The number of halogens is 2. The third-order valence-electron chi connectivity index (χ3n) is 5.10. The lowest BCUT2D eigenvalue weighted by molar-refractivity contribution is 0.0697. The highest BCUT2D eigenvalue weighted by molar-refractivity contribution is 5.95. The highest BCUT2D eigenvalue weighted by atomic mass is 19.1. The van der Waals surface area contributed by atoms with Gasteiger partial charge in [0.1, 0.15) is 17.3 Å². The number of nitrogens with two attached hydrogens (primary N) is 2. The number of rotatable bonds is 9. The number of amidine groups is 1. The summed E-state index contributed by atoms with van der Waals surface area (Å²) in [6.45, 7) is 0. The van der Waals surface area contributed by atoms with E-state index in [0.717, 1.165) is 12.1 Å². The van der Waals surface area contributed by atoms with E-state index in [9.17, 15) is 9.90 Å². The fourth-order valence-corrected chi connectivity index (χ4v) is 3.26. The average Bonchev–Trinajstić information content (AvgIpc) is 2.90. The molecule has 1 heterocycles. The predicted molar refractivity (Wildman–Crippen MR) is 139 cm³/mol. The molecule has 0 saturated carbocycles. The second kappa shape index (κ2) is 11.2. The zero-order valence-electron chi connectivity index (χ0n) is 20.2. The number of hydrogen-bond acceptors (Lipinski definition) is 8. The molecule has 0 radical (unpaired) electrons. The number of carboxylic acids is 1. The number of hydrogen-bond donors (Lipinski definition) is 7. The molecule has 0 saturated heterocycles. The van der Waals surface area contributed by atoms with Gasteiger partial charge in [0, 0.05) is 17.3 Å². The number of phenolic OH excluding ortho intramolecular Hbond substituents is 1. The van der Waals surface area contributed by atoms with Crippen LogP contribution in [0.1, 0.15) is 15.9 Å². The van der Waals surface area contributed by atoms with Gasteiger partial charge in [-0.25, -0.2) is 4.79 Å². The van der Waals surface area contributed by atoms with E-state index in [1.165, 1.54) is 48.5 Å². The Kier molecular flexibility index (Phi) is 7.61. The molecule has 0 aliphatic carbocycles. The number of anilines is 1. The minimum Gasteiger partial charge on any atom is -0.504 e. The van der Waals surface area contributed by atoms with Crippen molar-refractivity contribution in [2.24, 2.45) is 11.5 Å². The summed E-state index contributed by atoms with van der Waals surface area (Å²) >= 11 is 0. The number of carbonyl (C=O) groups is 1. The molecule has 0 fully saturated rings. The van der Waals surface area contributed by atoms with E-state index in [0.29, 0.717) is 5.69 Å². The Bertz CT molecular complexity index is 1630. The summed E-state index contributed by atoms with van der Waals surface area (Å²) < 4.78 is 47.4. The molecule has 0 aliphatic heterocycles. The van der Waals surface area contributed by atoms with Crippen molar-refractivity contribution in [3.05, 3.63) is 89.5 Å². The van der Waals surface area contributed by atoms with Gasteiger partial charge in [-0.05, 0) is 54.6 Å². The van der Waals surface area contributed by atoms with Gasteiger partial charge in [-0.2, -0.15) is 13.8 Å². The highest BCUT2D eigenvalue weighted by Gasteiger charge is 2.27. The third-order valence-corrected chi connectivity index (χ3v) is 5.10. The molecule has 0 spiro atoms. The molecule has 4 aromatic rings. The maximum atomic E-state index is 15.5. The Hall–Kier alpha value is -5.92.